The van der Waals surface area contributed by atoms with Gasteiger partial charge in [-0.3, -0.25) is 4.90 Å². The van der Waals surface area contributed by atoms with Gasteiger partial charge in [-0.1, -0.05) is 18.2 Å². The molecule has 1 unspecified atom stereocenters. The molecule has 2 aromatic carbocycles. The van der Waals surface area contributed by atoms with Crippen LogP contribution in [0.15, 0.2) is 42.5 Å². The summed E-state index contributed by atoms with van der Waals surface area (Å²) in [7, 11) is 1.56. The molecule has 1 heterocycles. The lowest BCUT2D eigenvalue weighted by atomic mass is 9.94. The van der Waals surface area contributed by atoms with Gasteiger partial charge < -0.3 is 14.8 Å². The van der Waals surface area contributed by atoms with Gasteiger partial charge in [0.2, 0.25) is 0 Å². The van der Waals surface area contributed by atoms with E-state index in [9.17, 15) is 13.2 Å². The van der Waals surface area contributed by atoms with Crippen molar-refractivity contribution in [2.45, 2.75) is 19.1 Å². The summed E-state index contributed by atoms with van der Waals surface area (Å²) in [4.78, 5) is 2.20. The Morgan fingerprint density at radius 1 is 1.04 bits per heavy atom. The number of hydrogen-bond acceptors (Lipinski definition) is 4. The van der Waals surface area contributed by atoms with Crippen molar-refractivity contribution >= 4 is 0 Å². The van der Waals surface area contributed by atoms with Crippen molar-refractivity contribution < 1.29 is 22.6 Å². The van der Waals surface area contributed by atoms with Crippen LogP contribution in [-0.4, -0.2) is 44.8 Å². The molecule has 1 N–H and O–H groups in total. The monoisotopic (exact) mass is 394 g/mol. The first-order chi connectivity index (χ1) is 13.4. The number of nitrogens with one attached hydrogen (secondary N) is 1. The molecule has 0 amide bonds. The fourth-order valence-electron chi connectivity index (χ4n) is 3.57. The Bertz CT molecular complexity index is 789. The van der Waals surface area contributed by atoms with Gasteiger partial charge in [0, 0.05) is 26.2 Å². The molecule has 1 atom stereocenters. The summed E-state index contributed by atoms with van der Waals surface area (Å²) in [5.74, 6) is 1.20. The minimum atomic E-state index is -4.37. The van der Waals surface area contributed by atoms with Crippen LogP contribution in [0.25, 0.3) is 0 Å². The molecule has 7 heteroatoms. The Balaban J connectivity index is 2.05. The van der Waals surface area contributed by atoms with Crippen LogP contribution in [0.3, 0.4) is 0 Å². The summed E-state index contributed by atoms with van der Waals surface area (Å²) in [5.41, 5.74) is 0.854. The summed E-state index contributed by atoms with van der Waals surface area (Å²) in [6.45, 7) is 5.48. The van der Waals surface area contributed by atoms with Crippen LogP contribution in [0.4, 0.5) is 13.2 Å². The average Bonchev–Trinajstić information content (AvgIpc) is 2.70. The van der Waals surface area contributed by atoms with Crippen molar-refractivity contribution in [3.63, 3.8) is 0 Å². The molecule has 152 valence electrons. The lowest BCUT2D eigenvalue weighted by molar-refractivity contribution is -0.137. The van der Waals surface area contributed by atoms with Gasteiger partial charge in [0.05, 0.1) is 25.3 Å². The SMILES string of the molecule is CCOc1ccc(C(c2cccc(C(F)(F)F)c2)N2CCNCC2)cc1OC. The minimum absolute atomic E-state index is 0.297. The van der Waals surface area contributed by atoms with E-state index in [1.54, 1.807) is 13.2 Å². The standard InChI is InChI=1S/C21H25F3N2O2/c1-3-28-18-8-7-16(14-19(18)27-2)20(26-11-9-25-10-12-26)15-5-4-6-17(13-15)21(22,23)24/h4-8,13-14,20,25H,3,9-12H2,1-2H3. The first-order valence-electron chi connectivity index (χ1n) is 9.36. The van der Waals surface area contributed by atoms with Crippen molar-refractivity contribution in [1.82, 2.24) is 10.2 Å². The highest BCUT2D eigenvalue weighted by Crippen LogP contribution is 2.37. The summed E-state index contributed by atoms with van der Waals surface area (Å²) in [6, 6.07) is 10.9. The topological polar surface area (TPSA) is 33.7 Å². The maximum Gasteiger partial charge on any atom is 0.416 e. The van der Waals surface area contributed by atoms with Gasteiger partial charge in [-0.15, -0.1) is 0 Å². The second-order valence-electron chi connectivity index (χ2n) is 6.66. The number of benzene rings is 2. The molecule has 1 aliphatic heterocycles. The minimum Gasteiger partial charge on any atom is -0.493 e. The van der Waals surface area contributed by atoms with Crippen LogP contribution >= 0.6 is 0 Å². The zero-order valence-corrected chi connectivity index (χ0v) is 16.1. The van der Waals surface area contributed by atoms with Crippen molar-refractivity contribution in [2.75, 3.05) is 39.9 Å². The summed E-state index contributed by atoms with van der Waals surface area (Å²) in [5, 5.41) is 3.29. The van der Waals surface area contributed by atoms with Crippen LogP contribution in [-0.2, 0) is 6.18 Å². The Morgan fingerprint density at radius 3 is 2.39 bits per heavy atom. The number of alkyl halides is 3. The molecule has 3 rings (SSSR count). The first kappa shape index (κ1) is 20.5. The van der Waals surface area contributed by atoms with Crippen LogP contribution in [0, 0.1) is 0 Å². The molecule has 1 saturated heterocycles. The third-order valence-electron chi connectivity index (χ3n) is 4.85. The van der Waals surface area contributed by atoms with Gasteiger partial charge in [-0.25, -0.2) is 0 Å². The number of rotatable bonds is 6. The first-order valence-corrected chi connectivity index (χ1v) is 9.36. The Morgan fingerprint density at radius 2 is 1.75 bits per heavy atom. The number of piperazine rings is 1. The number of nitrogens with zero attached hydrogens (tertiary/aromatic N) is 1. The van der Waals surface area contributed by atoms with Crippen LogP contribution in [0.5, 0.6) is 11.5 Å². The van der Waals surface area contributed by atoms with Gasteiger partial charge in [-0.2, -0.15) is 13.2 Å². The molecule has 0 aliphatic carbocycles. The lowest BCUT2D eigenvalue weighted by Gasteiger charge is -2.36. The zero-order chi connectivity index (χ0) is 20.1. The molecule has 28 heavy (non-hydrogen) atoms. The molecule has 0 radical (unpaired) electrons. The maximum atomic E-state index is 13.3. The second kappa shape index (κ2) is 8.84. The van der Waals surface area contributed by atoms with E-state index >= 15 is 0 Å². The molecule has 0 spiro atoms. The van der Waals surface area contributed by atoms with Crippen molar-refractivity contribution in [3.05, 3.63) is 59.2 Å². The largest absolute Gasteiger partial charge is 0.493 e. The van der Waals surface area contributed by atoms with Crippen LogP contribution in [0.1, 0.15) is 29.7 Å². The molecule has 0 aromatic heterocycles. The van der Waals surface area contributed by atoms with E-state index in [0.717, 1.165) is 37.8 Å². The van der Waals surface area contributed by atoms with Crippen LogP contribution < -0.4 is 14.8 Å². The van der Waals surface area contributed by atoms with Crippen molar-refractivity contribution in [2.24, 2.45) is 0 Å². The predicted octanol–water partition coefficient (Wildman–Crippen LogP) is 4.11. The quantitative estimate of drug-likeness (QED) is 0.800. The van der Waals surface area contributed by atoms with E-state index in [-0.39, 0.29) is 6.04 Å². The maximum absolute atomic E-state index is 13.3. The number of halogens is 3. The zero-order valence-electron chi connectivity index (χ0n) is 16.1. The normalized spacial score (nSPS) is 16.6. The molecular formula is C21H25F3N2O2. The smallest absolute Gasteiger partial charge is 0.416 e. The van der Waals surface area contributed by atoms with Crippen molar-refractivity contribution in [1.29, 1.82) is 0 Å². The predicted molar refractivity (Wildman–Crippen MR) is 102 cm³/mol. The summed E-state index contributed by atoms with van der Waals surface area (Å²) >= 11 is 0. The number of methoxy groups -OCH3 is 1. The van der Waals surface area contributed by atoms with Crippen molar-refractivity contribution in [3.8, 4) is 11.5 Å². The van der Waals surface area contributed by atoms with Gasteiger partial charge >= 0.3 is 6.18 Å². The highest BCUT2D eigenvalue weighted by atomic mass is 19.4. The second-order valence-corrected chi connectivity index (χ2v) is 6.66. The molecule has 0 bridgehead atoms. The van der Waals surface area contributed by atoms with E-state index < -0.39 is 11.7 Å². The third-order valence-corrected chi connectivity index (χ3v) is 4.85. The van der Waals surface area contributed by atoms with Gasteiger partial charge in [-0.05, 0) is 42.3 Å². The fourth-order valence-corrected chi connectivity index (χ4v) is 3.57. The third kappa shape index (κ3) is 4.59. The van der Waals surface area contributed by atoms with E-state index in [1.807, 2.05) is 25.1 Å². The van der Waals surface area contributed by atoms with Gasteiger partial charge in [0.1, 0.15) is 0 Å². The van der Waals surface area contributed by atoms with E-state index in [2.05, 4.69) is 10.2 Å². The Hall–Kier alpha value is -2.25. The Labute approximate surface area is 163 Å². The van der Waals surface area contributed by atoms with Gasteiger partial charge in [0.25, 0.3) is 0 Å². The fraction of sp³-hybridized carbons (Fsp3) is 0.429. The molecule has 4 nitrogen and oxygen atoms in total. The number of hydrogen-bond donors (Lipinski definition) is 1. The molecule has 0 saturated carbocycles. The highest BCUT2D eigenvalue weighted by molar-refractivity contribution is 5.46. The summed E-state index contributed by atoms with van der Waals surface area (Å²) in [6.07, 6.45) is -4.37. The molecule has 1 fully saturated rings. The lowest BCUT2D eigenvalue weighted by Crippen LogP contribution is -2.45. The Kier molecular flexibility index (Phi) is 6.46. The van der Waals surface area contributed by atoms with E-state index in [0.29, 0.717) is 23.7 Å². The van der Waals surface area contributed by atoms with Crippen LogP contribution in [0.2, 0.25) is 0 Å². The molecule has 2 aromatic rings. The van der Waals surface area contributed by atoms with Gasteiger partial charge in [0.15, 0.2) is 11.5 Å². The van der Waals surface area contributed by atoms with E-state index in [1.165, 1.54) is 12.1 Å². The number of ether oxygens (including phenoxy) is 2. The molecule has 1 aliphatic rings. The summed E-state index contributed by atoms with van der Waals surface area (Å²) < 4.78 is 50.9. The molecular weight excluding hydrogens is 369 g/mol. The average molecular weight is 394 g/mol. The highest BCUT2D eigenvalue weighted by Gasteiger charge is 2.32. The van der Waals surface area contributed by atoms with E-state index in [4.69, 9.17) is 9.47 Å².